The van der Waals surface area contributed by atoms with E-state index in [2.05, 4.69) is 276 Å². The molecule has 10 aromatic carbocycles. The van der Waals surface area contributed by atoms with Crippen LogP contribution in [-0.2, 0) is 0 Å². The number of nitrogens with zero attached hydrogens (tertiary/aromatic N) is 3. The van der Waals surface area contributed by atoms with E-state index >= 15 is 0 Å². The Morgan fingerprint density at radius 1 is 0.356 bits per heavy atom. The number of thiophene rings is 1. The number of hydrogen-bond acceptors (Lipinski definition) is 5. The zero-order chi connectivity index (χ0) is 48.2. The summed E-state index contributed by atoms with van der Waals surface area (Å²) in [6, 6.07) is 89.9. The molecule has 5 heteroatoms. The monoisotopic (exact) mass is 953 g/mol. The molecule has 346 valence electrons. The Morgan fingerprint density at radius 2 is 0.904 bits per heavy atom. The lowest BCUT2D eigenvalue weighted by Gasteiger charge is -2.31. The van der Waals surface area contributed by atoms with Gasteiger partial charge >= 0.3 is 0 Å². The summed E-state index contributed by atoms with van der Waals surface area (Å²) >= 11 is 1.87. The van der Waals surface area contributed by atoms with Crippen LogP contribution >= 0.6 is 11.3 Å². The summed E-state index contributed by atoms with van der Waals surface area (Å²) in [5.41, 5.74) is 17.1. The van der Waals surface area contributed by atoms with Gasteiger partial charge < -0.3 is 19.1 Å². The summed E-state index contributed by atoms with van der Waals surface area (Å²) < 4.78 is 8.68. The number of rotatable bonds is 11. The van der Waals surface area contributed by atoms with Gasteiger partial charge in [-0.15, -0.1) is 11.3 Å². The number of hydrogen-bond donors (Lipinski definition) is 0. The van der Waals surface area contributed by atoms with Crippen molar-refractivity contribution in [1.29, 1.82) is 0 Å². The molecule has 2 atom stereocenters. The third-order valence-corrected chi connectivity index (χ3v) is 15.7. The SMILES string of the molecule is C1=CC=C(N(c2cccc(-c3ccccc3)c2)c2ccc3c(c2)sc2c(N(c4ccccc4)c4ccccc4)cccc23)C2C(=C1)C2N(c1ccccc1)c1ccc(-c2ccc3oc4ccccc4c3c2)cc1. The van der Waals surface area contributed by atoms with Gasteiger partial charge in [-0.3, -0.25) is 0 Å². The predicted molar refractivity (Wildman–Crippen MR) is 308 cm³/mol. The largest absolute Gasteiger partial charge is 0.456 e. The van der Waals surface area contributed by atoms with E-state index in [9.17, 15) is 0 Å². The first-order chi connectivity index (χ1) is 36.2. The zero-order valence-electron chi connectivity index (χ0n) is 39.8. The average molecular weight is 954 g/mol. The molecule has 1 fully saturated rings. The number of allylic oxidation sites excluding steroid dienone is 4. The molecule has 2 aromatic heterocycles. The summed E-state index contributed by atoms with van der Waals surface area (Å²) in [7, 11) is 0. The van der Waals surface area contributed by atoms with Gasteiger partial charge in [0, 0.05) is 72.0 Å². The van der Waals surface area contributed by atoms with Gasteiger partial charge in [-0.25, -0.2) is 0 Å². The zero-order valence-corrected chi connectivity index (χ0v) is 40.6. The molecular formula is C68H47N3OS. The Labute approximate surface area is 428 Å². The molecule has 0 aliphatic heterocycles. The topological polar surface area (TPSA) is 22.9 Å². The maximum atomic E-state index is 6.18. The Hall–Kier alpha value is -9.16. The molecule has 73 heavy (non-hydrogen) atoms. The Bertz CT molecular complexity index is 4060. The highest BCUT2D eigenvalue weighted by atomic mass is 32.1. The Balaban J connectivity index is 0.882. The second-order valence-corrected chi connectivity index (χ2v) is 19.9. The quantitative estimate of drug-likeness (QED) is 0.129. The van der Waals surface area contributed by atoms with E-state index in [-0.39, 0.29) is 12.0 Å². The van der Waals surface area contributed by atoms with E-state index in [0.717, 1.165) is 67.2 Å². The fraction of sp³-hybridized carbons (Fsp3) is 0.0294. The van der Waals surface area contributed by atoms with Crippen LogP contribution in [0.1, 0.15) is 0 Å². The van der Waals surface area contributed by atoms with Crippen LogP contribution < -0.4 is 14.7 Å². The third-order valence-electron chi connectivity index (χ3n) is 14.5. The van der Waals surface area contributed by atoms with Gasteiger partial charge in [-0.2, -0.15) is 0 Å². The lowest BCUT2D eigenvalue weighted by molar-refractivity contribution is 0.669. The first kappa shape index (κ1) is 42.7. The lowest BCUT2D eigenvalue weighted by atomic mass is 10.0. The van der Waals surface area contributed by atoms with E-state index in [1.807, 2.05) is 23.5 Å². The Kier molecular flexibility index (Phi) is 10.5. The van der Waals surface area contributed by atoms with E-state index in [1.54, 1.807) is 0 Å². The summed E-state index contributed by atoms with van der Waals surface area (Å²) in [6.07, 6.45) is 9.12. The number of benzene rings is 10. The molecule has 0 spiro atoms. The maximum Gasteiger partial charge on any atom is 0.135 e. The minimum Gasteiger partial charge on any atom is -0.456 e. The van der Waals surface area contributed by atoms with Crippen LogP contribution in [0.25, 0.3) is 64.4 Å². The molecule has 4 nitrogen and oxygen atoms in total. The van der Waals surface area contributed by atoms with Crippen molar-refractivity contribution in [2.75, 3.05) is 14.7 Å². The van der Waals surface area contributed by atoms with Crippen LogP contribution in [0.15, 0.2) is 289 Å². The smallest absolute Gasteiger partial charge is 0.135 e. The van der Waals surface area contributed by atoms with Crippen molar-refractivity contribution in [3.8, 4) is 22.3 Å². The van der Waals surface area contributed by atoms with Crippen molar-refractivity contribution in [1.82, 2.24) is 0 Å². The van der Waals surface area contributed by atoms with Crippen LogP contribution in [0, 0.1) is 5.92 Å². The molecule has 2 aliphatic carbocycles. The third kappa shape index (κ3) is 7.61. The molecule has 2 heterocycles. The van der Waals surface area contributed by atoms with Crippen LogP contribution in [-0.4, -0.2) is 6.04 Å². The molecule has 0 amide bonds. The molecule has 1 saturated carbocycles. The van der Waals surface area contributed by atoms with Crippen molar-refractivity contribution in [2.24, 2.45) is 5.92 Å². The number of anilines is 7. The molecule has 0 N–H and O–H groups in total. The average Bonchev–Trinajstić information content (AvgIpc) is 3.92. The van der Waals surface area contributed by atoms with Gasteiger partial charge in [0.25, 0.3) is 0 Å². The number of para-hydroxylation sites is 4. The van der Waals surface area contributed by atoms with Gasteiger partial charge in [-0.1, -0.05) is 170 Å². The predicted octanol–water partition coefficient (Wildman–Crippen LogP) is 19.1. The number of furan rings is 1. The standard InChI is InChI=1S/C68H47N3OS/c1-5-19-46(20-6-1)48-21-17-28-54(43-48)70(55-40-41-57-58-31-18-33-62(68(58)73-65(57)45-55)69(50-22-7-2-8-23-50)51-24-9-3-10-25-51)61-32-15-13-30-59-66(61)67(59)71(52-26-11-4-12-27-52)53-38-35-47(36-39-53)49-37-42-64-60(44-49)56-29-14-16-34-63(56)72-64/h1-45,66-67H. The lowest BCUT2D eigenvalue weighted by Crippen LogP contribution is -2.25. The van der Waals surface area contributed by atoms with Crippen molar-refractivity contribution < 1.29 is 4.42 Å². The van der Waals surface area contributed by atoms with E-state index < -0.39 is 0 Å². The van der Waals surface area contributed by atoms with Crippen molar-refractivity contribution in [3.05, 3.63) is 284 Å². The molecule has 2 unspecified atom stereocenters. The summed E-state index contributed by atoms with van der Waals surface area (Å²) in [5, 5.41) is 4.77. The van der Waals surface area contributed by atoms with E-state index in [0.29, 0.717) is 0 Å². The van der Waals surface area contributed by atoms with Gasteiger partial charge in [0.1, 0.15) is 11.2 Å². The van der Waals surface area contributed by atoms with Crippen LogP contribution in [0.2, 0.25) is 0 Å². The minimum absolute atomic E-state index is 0.0791. The van der Waals surface area contributed by atoms with E-state index in [1.165, 1.54) is 48.3 Å². The van der Waals surface area contributed by atoms with Crippen molar-refractivity contribution in [3.63, 3.8) is 0 Å². The highest BCUT2D eigenvalue weighted by Crippen LogP contribution is 2.56. The first-order valence-electron chi connectivity index (χ1n) is 25.0. The van der Waals surface area contributed by atoms with Gasteiger partial charge in [-0.05, 0) is 131 Å². The summed E-state index contributed by atoms with van der Waals surface area (Å²) in [6.45, 7) is 0. The Morgan fingerprint density at radius 3 is 1.67 bits per heavy atom. The number of fused-ring (bicyclic) bond motifs is 7. The van der Waals surface area contributed by atoms with Crippen molar-refractivity contribution in [2.45, 2.75) is 6.04 Å². The summed E-state index contributed by atoms with van der Waals surface area (Å²) in [5.74, 6) is 0.0991. The fourth-order valence-electron chi connectivity index (χ4n) is 11.1. The van der Waals surface area contributed by atoms with Crippen LogP contribution in [0.5, 0.6) is 0 Å². The van der Waals surface area contributed by atoms with E-state index in [4.69, 9.17) is 4.42 Å². The molecule has 0 bridgehead atoms. The molecular weight excluding hydrogens is 907 g/mol. The van der Waals surface area contributed by atoms with Gasteiger partial charge in [0.2, 0.25) is 0 Å². The van der Waals surface area contributed by atoms with Crippen LogP contribution in [0.3, 0.4) is 0 Å². The molecule has 14 rings (SSSR count). The van der Waals surface area contributed by atoms with Crippen molar-refractivity contribution >= 4 is 93.3 Å². The molecule has 0 saturated heterocycles. The van der Waals surface area contributed by atoms with Crippen LogP contribution in [0.4, 0.5) is 39.8 Å². The van der Waals surface area contributed by atoms with Gasteiger partial charge in [0.15, 0.2) is 0 Å². The molecule has 0 radical (unpaired) electrons. The second-order valence-electron chi connectivity index (χ2n) is 18.8. The second kappa shape index (κ2) is 17.9. The normalized spacial score (nSPS) is 15.0. The molecule has 2 aliphatic rings. The fourth-order valence-corrected chi connectivity index (χ4v) is 12.3. The highest BCUT2D eigenvalue weighted by molar-refractivity contribution is 7.26. The minimum atomic E-state index is 0.0791. The van der Waals surface area contributed by atoms with Gasteiger partial charge in [0.05, 0.1) is 16.4 Å². The highest BCUT2D eigenvalue weighted by Gasteiger charge is 2.52. The molecule has 12 aromatic rings. The summed E-state index contributed by atoms with van der Waals surface area (Å²) in [4.78, 5) is 7.45. The first-order valence-corrected chi connectivity index (χ1v) is 25.8. The maximum absolute atomic E-state index is 6.18.